The number of aromatic carboxylic acids is 1. The molecule has 0 unspecified atom stereocenters. The Morgan fingerprint density at radius 1 is 1.26 bits per heavy atom. The summed E-state index contributed by atoms with van der Waals surface area (Å²) in [5, 5.41) is 9.07. The van der Waals surface area contributed by atoms with Gasteiger partial charge in [-0.15, -0.1) is 13.2 Å². The van der Waals surface area contributed by atoms with Crippen LogP contribution >= 0.6 is 0 Å². The van der Waals surface area contributed by atoms with Gasteiger partial charge in [-0.1, -0.05) is 12.2 Å². The van der Waals surface area contributed by atoms with Crippen LogP contribution in [0.15, 0.2) is 43.6 Å². The molecular formula is C19H26N2O5S. The smallest absolute Gasteiger partial charge is 0.335 e. The molecule has 27 heavy (non-hydrogen) atoms. The molecule has 8 heteroatoms. The highest BCUT2D eigenvalue weighted by Crippen LogP contribution is 2.18. The molecule has 148 valence electrons. The van der Waals surface area contributed by atoms with Gasteiger partial charge in [0.2, 0.25) is 5.91 Å². The number of pyridine rings is 1. The Morgan fingerprint density at radius 2 is 1.89 bits per heavy atom. The number of aromatic nitrogens is 1. The highest BCUT2D eigenvalue weighted by molar-refractivity contribution is 7.90. The topological polar surface area (TPSA) is 105 Å². The van der Waals surface area contributed by atoms with E-state index in [9.17, 15) is 18.0 Å². The van der Waals surface area contributed by atoms with Crippen molar-refractivity contribution in [2.45, 2.75) is 19.3 Å². The zero-order valence-electron chi connectivity index (χ0n) is 15.5. The van der Waals surface area contributed by atoms with Crippen LogP contribution in [0.25, 0.3) is 0 Å². The number of sulfone groups is 1. The van der Waals surface area contributed by atoms with E-state index in [1.165, 1.54) is 18.3 Å². The van der Waals surface area contributed by atoms with Gasteiger partial charge < -0.3 is 10.0 Å². The predicted octanol–water partition coefficient (Wildman–Crippen LogP) is 1.96. The third-order valence-corrected chi connectivity index (χ3v) is 4.99. The zero-order valence-corrected chi connectivity index (χ0v) is 16.3. The number of rotatable bonds is 12. The van der Waals surface area contributed by atoms with E-state index in [1.807, 2.05) is 0 Å². The number of carboxylic acid groups (broad SMARTS) is 1. The molecule has 1 aromatic heterocycles. The molecule has 7 nitrogen and oxygen atoms in total. The average molecular weight is 394 g/mol. The summed E-state index contributed by atoms with van der Waals surface area (Å²) in [4.78, 5) is 29.6. The summed E-state index contributed by atoms with van der Waals surface area (Å²) in [5.41, 5.74) is 0.671. The number of nitrogens with zero attached hydrogens (tertiary/aromatic N) is 2. The molecule has 0 aliphatic heterocycles. The fraction of sp³-hybridized carbons (Fsp3) is 0.421. The minimum atomic E-state index is -3.21. The fourth-order valence-electron chi connectivity index (χ4n) is 2.64. The summed E-state index contributed by atoms with van der Waals surface area (Å²) in [5.74, 6) is -1.84. The van der Waals surface area contributed by atoms with Gasteiger partial charge in [-0.3, -0.25) is 9.78 Å². The van der Waals surface area contributed by atoms with Crippen LogP contribution in [0.3, 0.4) is 0 Å². The molecule has 0 aliphatic rings. The summed E-state index contributed by atoms with van der Waals surface area (Å²) in [6.45, 7) is 7.96. The molecule has 1 amide bonds. The summed E-state index contributed by atoms with van der Waals surface area (Å²) in [6.07, 6.45) is 6.69. The lowest BCUT2D eigenvalue weighted by atomic mass is 9.96. The SMILES string of the molecule is C=CCN(CC=C)C(=O)[C@@H](CCc1cc(C(=O)O)ccn1)CCS(C)(=O)=O. The Labute approximate surface area is 160 Å². The van der Waals surface area contributed by atoms with Crippen molar-refractivity contribution in [1.29, 1.82) is 0 Å². The van der Waals surface area contributed by atoms with Crippen LogP contribution in [-0.2, 0) is 21.1 Å². The molecule has 0 saturated heterocycles. The maximum atomic E-state index is 12.9. The molecule has 0 aromatic carbocycles. The average Bonchev–Trinajstić information content (AvgIpc) is 2.60. The third-order valence-electron chi connectivity index (χ3n) is 4.01. The van der Waals surface area contributed by atoms with E-state index in [0.29, 0.717) is 31.6 Å². The van der Waals surface area contributed by atoms with Gasteiger partial charge in [0, 0.05) is 37.2 Å². The predicted molar refractivity (Wildman–Crippen MR) is 104 cm³/mol. The monoisotopic (exact) mass is 394 g/mol. The standard InChI is InChI=1S/C19H26N2O5S/c1-4-11-21(12-5-2)18(22)15(9-13-27(3,25)26)6-7-17-14-16(19(23)24)8-10-20-17/h4-5,8,10,14-15H,1-2,6-7,9,11-13H2,3H3,(H,23,24)/t15-/m0/s1. The summed E-state index contributed by atoms with van der Waals surface area (Å²) >= 11 is 0. The number of aryl methyl sites for hydroxylation is 1. The van der Waals surface area contributed by atoms with Crippen molar-refractivity contribution in [3.05, 3.63) is 54.9 Å². The maximum absolute atomic E-state index is 12.9. The van der Waals surface area contributed by atoms with Gasteiger partial charge in [0.1, 0.15) is 9.84 Å². The third kappa shape index (κ3) is 8.17. The first-order chi connectivity index (χ1) is 12.7. The number of hydrogen-bond donors (Lipinski definition) is 1. The number of carbonyl (C=O) groups is 2. The largest absolute Gasteiger partial charge is 0.478 e. The highest BCUT2D eigenvalue weighted by atomic mass is 32.2. The molecule has 1 N–H and O–H groups in total. The maximum Gasteiger partial charge on any atom is 0.335 e. The van der Waals surface area contributed by atoms with Crippen LogP contribution in [-0.4, -0.2) is 60.4 Å². The molecule has 0 aliphatic carbocycles. The normalized spacial score (nSPS) is 12.2. The molecule has 0 saturated carbocycles. The molecule has 1 aromatic rings. The quantitative estimate of drug-likeness (QED) is 0.544. The lowest BCUT2D eigenvalue weighted by Gasteiger charge is -2.25. The lowest BCUT2D eigenvalue weighted by Crippen LogP contribution is -2.37. The minimum absolute atomic E-state index is 0.0952. The summed E-state index contributed by atoms with van der Waals surface area (Å²) in [6, 6.07) is 2.86. The number of hydrogen-bond acceptors (Lipinski definition) is 5. The van der Waals surface area contributed by atoms with Gasteiger partial charge in [0.25, 0.3) is 0 Å². The van der Waals surface area contributed by atoms with Crippen LogP contribution in [0.5, 0.6) is 0 Å². The van der Waals surface area contributed by atoms with Gasteiger partial charge in [-0.2, -0.15) is 0 Å². The van der Waals surface area contributed by atoms with Crippen LogP contribution in [0.4, 0.5) is 0 Å². The van der Waals surface area contributed by atoms with Crippen LogP contribution in [0.2, 0.25) is 0 Å². The number of amides is 1. The van der Waals surface area contributed by atoms with E-state index in [1.54, 1.807) is 17.1 Å². The van der Waals surface area contributed by atoms with Crippen molar-refractivity contribution in [3.63, 3.8) is 0 Å². The van der Waals surface area contributed by atoms with Gasteiger partial charge in [-0.05, 0) is 31.4 Å². The van der Waals surface area contributed by atoms with Crippen molar-refractivity contribution in [2.75, 3.05) is 25.1 Å². The van der Waals surface area contributed by atoms with Gasteiger partial charge in [0.05, 0.1) is 11.3 Å². The Bertz CT molecular complexity index is 779. The van der Waals surface area contributed by atoms with Crippen molar-refractivity contribution >= 4 is 21.7 Å². The second kappa shape index (κ2) is 10.6. The molecule has 0 bridgehead atoms. The van der Waals surface area contributed by atoms with Gasteiger partial charge >= 0.3 is 5.97 Å². The molecule has 1 atom stereocenters. The Balaban J connectivity index is 2.94. The van der Waals surface area contributed by atoms with Crippen LogP contribution in [0.1, 0.15) is 28.9 Å². The molecule has 0 fully saturated rings. The lowest BCUT2D eigenvalue weighted by molar-refractivity contribution is -0.134. The first-order valence-electron chi connectivity index (χ1n) is 8.54. The van der Waals surface area contributed by atoms with Crippen molar-refractivity contribution < 1.29 is 23.1 Å². The number of carboxylic acids is 1. The molecular weight excluding hydrogens is 368 g/mol. The van der Waals surface area contributed by atoms with Crippen LogP contribution < -0.4 is 0 Å². The second-order valence-corrected chi connectivity index (χ2v) is 8.58. The molecule has 0 radical (unpaired) electrons. The fourth-order valence-corrected chi connectivity index (χ4v) is 3.35. The van der Waals surface area contributed by atoms with Crippen molar-refractivity contribution in [1.82, 2.24) is 9.88 Å². The van der Waals surface area contributed by atoms with Crippen molar-refractivity contribution in [3.8, 4) is 0 Å². The zero-order chi connectivity index (χ0) is 20.4. The minimum Gasteiger partial charge on any atom is -0.478 e. The van der Waals surface area contributed by atoms with E-state index in [0.717, 1.165) is 6.26 Å². The van der Waals surface area contributed by atoms with E-state index in [4.69, 9.17) is 5.11 Å². The second-order valence-electron chi connectivity index (χ2n) is 6.32. The molecule has 1 heterocycles. The first-order valence-corrected chi connectivity index (χ1v) is 10.6. The van der Waals surface area contributed by atoms with E-state index in [2.05, 4.69) is 18.1 Å². The highest BCUT2D eigenvalue weighted by Gasteiger charge is 2.24. The van der Waals surface area contributed by atoms with Crippen LogP contribution in [0, 0.1) is 5.92 Å². The Kier molecular flexibility index (Phi) is 8.87. The summed E-state index contributed by atoms with van der Waals surface area (Å²) < 4.78 is 23.1. The summed E-state index contributed by atoms with van der Waals surface area (Å²) in [7, 11) is -3.21. The van der Waals surface area contributed by atoms with Gasteiger partial charge in [0.15, 0.2) is 0 Å². The molecule has 1 rings (SSSR count). The van der Waals surface area contributed by atoms with E-state index in [-0.39, 0.29) is 23.6 Å². The van der Waals surface area contributed by atoms with Crippen molar-refractivity contribution in [2.24, 2.45) is 5.92 Å². The van der Waals surface area contributed by atoms with Gasteiger partial charge in [-0.25, -0.2) is 13.2 Å². The van der Waals surface area contributed by atoms with E-state index >= 15 is 0 Å². The van der Waals surface area contributed by atoms with E-state index < -0.39 is 21.7 Å². The first kappa shape index (κ1) is 22.6. The Hall–Kier alpha value is -2.48. The number of carbonyl (C=O) groups excluding carboxylic acids is 1. The Morgan fingerprint density at radius 3 is 2.41 bits per heavy atom. The molecule has 0 spiro atoms.